The molecule has 3 atom stereocenters. The quantitative estimate of drug-likeness (QED) is 0.869. The van der Waals surface area contributed by atoms with E-state index in [-0.39, 0.29) is 0 Å². The Hall–Kier alpha value is -1.02. The molecule has 0 spiro atoms. The van der Waals surface area contributed by atoms with E-state index in [1.54, 1.807) is 12.1 Å². The Morgan fingerprint density at radius 1 is 1.05 bits per heavy atom. The van der Waals surface area contributed by atoms with Crippen molar-refractivity contribution < 1.29 is 5.11 Å². The number of hydrogen-bond donors (Lipinski definition) is 1. The first-order chi connectivity index (χ1) is 9.24. The number of phenolic OH excluding ortho intramolecular Hbond substituents is 1. The van der Waals surface area contributed by atoms with Crippen LogP contribution in [0.25, 0.3) is 0 Å². The second-order valence-corrected chi connectivity index (χ2v) is 6.36. The van der Waals surface area contributed by atoms with Gasteiger partial charge in [-0.05, 0) is 55.8 Å². The van der Waals surface area contributed by atoms with Crippen molar-refractivity contribution in [1.82, 2.24) is 4.90 Å². The van der Waals surface area contributed by atoms with E-state index < -0.39 is 0 Å². The Labute approximate surface area is 116 Å². The summed E-state index contributed by atoms with van der Waals surface area (Å²) < 4.78 is 0. The summed E-state index contributed by atoms with van der Waals surface area (Å²) in [5, 5.41) is 9.39. The molecule has 19 heavy (non-hydrogen) atoms. The molecule has 2 aliphatic rings. The third kappa shape index (κ3) is 2.79. The molecular weight excluding hydrogens is 234 g/mol. The molecule has 2 fully saturated rings. The summed E-state index contributed by atoms with van der Waals surface area (Å²) in [6.45, 7) is 4.81. The fourth-order valence-corrected chi connectivity index (χ4v) is 3.94. The summed E-state index contributed by atoms with van der Waals surface area (Å²) >= 11 is 0. The van der Waals surface area contributed by atoms with Crippen LogP contribution in [0.5, 0.6) is 5.75 Å². The highest BCUT2D eigenvalue weighted by atomic mass is 16.3. The van der Waals surface area contributed by atoms with Crippen molar-refractivity contribution in [3.05, 3.63) is 29.8 Å². The number of phenols is 1. The number of rotatable bonds is 2. The molecule has 2 heteroatoms. The lowest BCUT2D eigenvalue weighted by molar-refractivity contribution is 0.0616. The van der Waals surface area contributed by atoms with Gasteiger partial charge in [0.25, 0.3) is 0 Å². The minimum absolute atomic E-state index is 0.363. The number of hydrogen-bond acceptors (Lipinski definition) is 2. The zero-order chi connectivity index (χ0) is 13.2. The van der Waals surface area contributed by atoms with Crippen molar-refractivity contribution >= 4 is 0 Å². The van der Waals surface area contributed by atoms with Gasteiger partial charge in [0, 0.05) is 12.6 Å². The van der Waals surface area contributed by atoms with Gasteiger partial charge in [0.15, 0.2) is 0 Å². The topological polar surface area (TPSA) is 23.5 Å². The number of nitrogens with zero attached hydrogens (tertiary/aromatic N) is 1. The predicted molar refractivity (Wildman–Crippen MR) is 78.2 cm³/mol. The van der Waals surface area contributed by atoms with Crippen molar-refractivity contribution in [3.8, 4) is 5.75 Å². The first-order valence-corrected chi connectivity index (χ1v) is 7.77. The van der Waals surface area contributed by atoms with E-state index in [9.17, 15) is 5.11 Å². The largest absolute Gasteiger partial charge is 0.508 e. The van der Waals surface area contributed by atoms with Crippen LogP contribution in [0, 0.1) is 11.8 Å². The van der Waals surface area contributed by atoms with Gasteiger partial charge in [0.1, 0.15) is 5.75 Å². The highest BCUT2D eigenvalue weighted by Crippen LogP contribution is 2.38. The zero-order valence-corrected chi connectivity index (χ0v) is 11.9. The third-order valence-electron chi connectivity index (χ3n) is 5.25. The van der Waals surface area contributed by atoms with Crippen molar-refractivity contribution in [2.24, 2.45) is 11.8 Å². The molecule has 1 aliphatic carbocycles. The maximum absolute atomic E-state index is 9.39. The van der Waals surface area contributed by atoms with Gasteiger partial charge in [0.05, 0.1) is 0 Å². The van der Waals surface area contributed by atoms with Crippen molar-refractivity contribution in [3.63, 3.8) is 0 Å². The van der Waals surface area contributed by atoms with E-state index in [4.69, 9.17) is 0 Å². The molecular formula is C17H25NO. The summed E-state index contributed by atoms with van der Waals surface area (Å²) in [4.78, 5) is 2.64. The lowest BCUT2D eigenvalue weighted by atomic mass is 9.75. The highest BCUT2D eigenvalue weighted by Gasteiger charge is 2.32. The smallest absolute Gasteiger partial charge is 0.115 e. The van der Waals surface area contributed by atoms with E-state index in [1.165, 1.54) is 50.8 Å². The van der Waals surface area contributed by atoms with Gasteiger partial charge in [-0.15, -0.1) is 0 Å². The molecule has 1 aromatic carbocycles. The number of piperidine rings is 1. The Morgan fingerprint density at radius 3 is 2.47 bits per heavy atom. The van der Waals surface area contributed by atoms with Crippen LogP contribution in [-0.4, -0.2) is 23.1 Å². The van der Waals surface area contributed by atoms with Crippen LogP contribution in [0.15, 0.2) is 24.3 Å². The monoisotopic (exact) mass is 259 g/mol. The third-order valence-corrected chi connectivity index (χ3v) is 5.25. The number of fused-ring (bicyclic) bond motifs is 1. The summed E-state index contributed by atoms with van der Waals surface area (Å²) in [7, 11) is 0. The van der Waals surface area contributed by atoms with Crippen LogP contribution in [0.1, 0.15) is 50.6 Å². The molecule has 1 aromatic rings. The first kappa shape index (κ1) is 13.0. The number of aromatic hydroxyl groups is 1. The van der Waals surface area contributed by atoms with Gasteiger partial charge in [-0.3, -0.25) is 4.90 Å². The van der Waals surface area contributed by atoms with E-state index in [0.29, 0.717) is 11.8 Å². The molecule has 0 amide bonds. The maximum Gasteiger partial charge on any atom is 0.115 e. The summed E-state index contributed by atoms with van der Waals surface area (Å²) in [5.74, 6) is 2.29. The molecule has 2 nitrogen and oxygen atoms in total. The van der Waals surface area contributed by atoms with Gasteiger partial charge in [0.2, 0.25) is 0 Å². The van der Waals surface area contributed by atoms with Crippen LogP contribution in [0.2, 0.25) is 0 Å². The molecule has 3 rings (SSSR count). The summed E-state index contributed by atoms with van der Waals surface area (Å²) in [6.07, 6.45) is 7.17. The molecule has 1 saturated carbocycles. The second-order valence-electron chi connectivity index (χ2n) is 6.36. The minimum atomic E-state index is 0.363. The lowest BCUT2D eigenvalue weighted by Crippen LogP contribution is -2.42. The van der Waals surface area contributed by atoms with Crippen LogP contribution in [-0.2, 0) is 0 Å². The predicted octanol–water partition coefficient (Wildman–Crippen LogP) is 3.97. The van der Waals surface area contributed by atoms with E-state index in [1.807, 2.05) is 0 Å². The fourth-order valence-electron chi connectivity index (χ4n) is 3.94. The molecule has 0 radical (unpaired) electrons. The summed E-state index contributed by atoms with van der Waals surface area (Å²) in [5.41, 5.74) is 1.33. The van der Waals surface area contributed by atoms with Crippen molar-refractivity contribution in [1.29, 1.82) is 0 Å². The number of benzene rings is 1. The van der Waals surface area contributed by atoms with Crippen LogP contribution in [0.3, 0.4) is 0 Å². The highest BCUT2D eigenvalue weighted by molar-refractivity contribution is 5.27. The fraction of sp³-hybridized carbons (Fsp3) is 0.647. The molecule has 3 unspecified atom stereocenters. The van der Waals surface area contributed by atoms with Gasteiger partial charge < -0.3 is 5.11 Å². The van der Waals surface area contributed by atoms with Gasteiger partial charge in [-0.25, -0.2) is 0 Å². The number of likely N-dealkylation sites (tertiary alicyclic amines) is 1. The Balaban J connectivity index is 1.67. The molecule has 0 bridgehead atoms. The molecule has 1 saturated heterocycles. The minimum Gasteiger partial charge on any atom is -0.508 e. The average Bonchev–Trinajstić information content (AvgIpc) is 2.47. The molecule has 1 heterocycles. The second kappa shape index (κ2) is 5.54. The van der Waals surface area contributed by atoms with Gasteiger partial charge in [-0.2, -0.15) is 0 Å². The molecule has 1 N–H and O–H groups in total. The van der Waals surface area contributed by atoms with Crippen molar-refractivity contribution in [2.75, 3.05) is 13.1 Å². The zero-order valence-electron chi connectivity index (χ0n) is 11.9. The van der Waals surface area contributed by atoms with Crippen LogP contribution < -0.4 is 0 Å². The normalized spacial score (nSPS) is 29.7. The first-order valence-electron chi connectivity index (χ1n) is 7.77. The van der Waals surface area contributed by atoms with E-state index in [0.717, 1.165) is 11.8 Å². The van der Waals surface area contributed by atoms with Gasteiger partial charge >= 0.3 is 0 Å². The summed E-state index contributed by atoms with van der Waals surface area (Å²) in [6, 6.07) is 8.21. The van der Waals surface area contributed by atoms with E-state index >= 15 is 0 Å². The maximum atomic E-state index is 9.39. The lowest BCUT2D eigenvalue weighted by Gasteiger charge is -2.43. The molecule has 0 aromatic heterocycles. The van der Waals surface area contributed by atoms with Crippen LogP contribution in [0.4, 0.5) is 0 Å². The van der Waals surface area contributed by atoms with Gasteiger partial charge in [-0.1, -0.05) is 31.4 Å². The SMILES string of the molecule is CC(c1ccc(O)cc1)N1CCC2CCCCC2C1. The van der Waals surface area contributed by atoms with Crippen molar-refractivity contribution in [2.45, 2.75) is 45.1 Å². The Bertz CT molecular complexity index is 414. The molecule has 104 valence electrons. The average molecular weight is 259 g/mol. The Kier molecular flexibility index (Phi) is 3.79. The van der Waals surface area contributed by atoms with E-state index in [2.05, 4.69) is 24.0 Å². The standard InChI is InChI=1S/C17H25NO/c1-13(14-6-8-17(19)9-7-14)18-11-10-15-4-2-3-5-16(15)12-18/h6-9,13,15-16,19H,2-5,10-12H2,1H3. The van der Waals surface area contributed by atoms with Crippen LogP contribution >= 0.6 is 0 Å². The Morgan fingerprint density at radius 2 is 1.74 bits per heavy atom. The molecule has 1 aliphatic heterocycles.